The lowest BCUT2D eigenvalue weighted by Crippen LogP contribution is -2.12. The summed E-state index contributed by atoms with van der Waals surface area (Å²) in [6.07, 6.45) is 4.98. The number of aromatic nitrogens is 3. The maximum atomic E-state index is 11.8. The Morgan fingerprint density at radius 3 is 3.13 bits per heavy atom. The number of aromatic amines is 1. The van der Waals surface area contributed by atoms with Crippen molar-refractivity contribution in [1.29, 1.82) is 0 Å². The third kappa shape index (κ3) is 1.17. The number of H-pyrrole nitrogens is 1. The lowest BCUT2D eigenvalue weighted by atomic mass is 10.1. The van der Waals surface area contributed by atoms with Crippen molar-refractivity contribution < 1.29 is 0 Å². The van der Waals surface area contributed by atoms with Gasteiger partial charge in [0.15, 0.2) is 5.65 Å². The molecule has 0 saturated carbocycles. The van der Waals surface area contributed by atoms with Crippen LogP contribution in [-0.2, 0) is 12.8 Å². The molecule has 1 aliphatic carbocycles. The first kappa shape index (κ1) is 8.59. The first-order valence-electron chi connectivity index (χ1n) is 5.13. The highest BCUT2D eigenvalue weighted by atomic mass is 16.1. The van der Waals surface area contributed by atoms with Gasteiger partial charge in [-0.1, -0.05) is 0 Å². The zero-order chi connectivity index (χ0) is 10.4. The van der Waals surface area contributed by atoms with Crippen LogP contribution in [0.3, 0.4) is 0 Å². The fourth-order valence-corrected chi connectivity index (χ4v) is 2.27. The summed E-state index contributed by atoms with van der Waals surface area (Å²) in [5, 5.41) is 0.690. The summed E-state index contributed by atoms with van der Waals surface area (Å²) < 4.78 is 0. The highest BCUT2D eigenvalue weighted by Crippen LogP contribution is 2.25. The van der Waals surface area contributed by atoms with Crippen molar-refractivity contribution in [2.45, 2.75) is 26.2 Å². The van der Waals surface area contributed by atoms with E-state index in [1.807, 2.05) is 6.20 Å². The Morgan fingerprint density at radius 2 is 2.27 bits per heavy atom. The van der Waals surface area contributed by atoms with Gasteiger partial charge in [-0.3, -0.25) is 4.79 Å². The molecule has 0 atom stereocenters. The van der Waals surface area contributed by atoms with E-state index in [2.05, 4.69) is 15.0 Å². The summed E-state index contributed by atoms with van der Waals surface area (Å²) in [6, 6.07) is 0. The molecular formula is C11H11N3O. The maximum Gasteiger partial charge on any atom is 0.260 e. The molecule has 0 aromatic carbocycles. The third-order valence-electron chi connectivity index (χ3n) is 2.92. The average Bonchev–Trinajstić information content (AvgIpc) is 2.63. The summed E-state index contributed by atoms with van der Waals surface area (Å²) >= 11 is 0. The van der Waals surface area contributed by atoms with Gasteiger partial charge in [0.1, 0.15) is 5.82 Å². The topological polar surface area (TPSA) is 58.6 Å². The van der Waals surface area contributed by atoms with Crippen molar-refractivity contribution in [2.24, 2.45) is 0 Å². The first-order chi connectivity index (χ1) is 7.25. The number of hydrogen-bond acceptors (Lipinski definition) is 3. The van der Waals surface area contributed by atoms with Crippen LogP contribution < -0.4 is 5.56 Å². The Morgan fingerprint density at radius 1 is 1.40 bits per heavy atom. The molecule has 0 radical (unpaired) electrons. The van der Waals surface area contributed by atoms with Crippen molar-refractivity contribution in [3.8, 4) is 0 Å². The van der Waals surface area contributed by atoms with Crippen LogP contribution in [0.15, 0.2) is 11.0 Å². The van der Waals surface area contributed by atoms with Crippen LogP contribution in [0, 0.1) is 6.92 Å². The zero-order valence-corrected chi connectivity index (χ0v) is 8.50. The lowest BCUT2D eigenvalue weighted by molar-refractivity contribution is 0.912. The molecule has 0 aliphatic heterocycles. The van der Waals surface area contributed by atoms with Gasteiger partial charge >= 0.3 is 0 Å². The summed E-state index contributed by atoms with van der Waals surface area (Å²) in [5.41, 5.74) is 2.88. The molecule has 0 saturated heterocycles. The van der Waals surface area contributed by atoms with Gasteiger partial charge in [0.05, 0.1) is 5.39 Å². The highest BCUT2D eigenvalue weighted by molar-refractivity contribution is 5.79. The molecule has 3 rings (SSSR count). The molecule has 76 valence electrons. The molecule has 1 N–H and O–H groups in total. The van der Waals surface area contributed by atoms with E-state index < -0.39 is 0 Å². The van der Waals surface area contributed by atoms with Gasteiger partial charge in [0.25, 0.3) is 5.56 Å². The van der Waals surface area contributed by atoms with E-state index in [0.29, 0.717) is 16.9 Å². The smallest absolute Gasteiger partial charge is 0.260 e. The van der Waals surface area contributed by atoms with E-state index in [0.717, 1.165) is 24.8 Å². The minimum absolute atomic E-state index is 0.0521. The second kappa shape index (κ2) is 2.89. The SMILES string of the molecule is Cc1nc2ncc3c(c2c(=O)[nH]1)CCC3. The third-order valence-corrected chi connectivity index (χ3v) is 2.92. The Hall–Kier alpha value is -1.71. The van der Waals surface area contributed by atoms with Gasteiger partial charge < -0.3 is 4.98 Å². The van der Waals surface area contributed by atoms with Gasteiger partial charge in [-0.2, -0.15) is 0 Å². The zero-order valence-electron chi connectivity index (χ0n) is 8.50. The van der Waals surface area contributed by atoms with Gasteiger partial charge in [0, 0.05) is 6.20 Å². The normalized spacial score (nSPS) is 14.5. The van der Waals surface area contributed by atoms with Crippen LogP contribution in [0.2, 0.25) is 0 Å². The van der Waals surface area contributed by atoms with Gasteiger partial charge in [-0.25, -0.2) is 9.97 Å². The minimum atomic E-state index is -0.0521. The Kier molecular flexibility index (Phi) is 1.65. The van der Waals surface area contributed by atoms with Gasteiger partial charge in [0.2, 0.25) is 0 Å². The van der Waals surface area contributed by atoms with Crippen molar-refractivity contribution in [2.75, 3.05) is 0 Å². The second-order valence-electron chi connectivity index (χ2n) is 3.97. The predicted octanol–water partition coefficient (Wildman–Crippen LogP) is 1.12. The Balaban J connectivity index is 2.50. The predicted molar refractivity (Wildman–Crippen MR) is 56.9 cm³/mol. The second-order valence-corrected chi connectivity index (χ2v) is 3.97. The van der Waals surface area contributed by atoms with Crippen molar-refractivity contribution in [3.05, 3.63) is 33.5 Å². The molecule has 15 heavy (non-hydrogen) atoms. The molecule has 2 heterocycles. The molecule has 0 spiro atoms. The van der Waals surface area contributed by atoms with Crippen LogP contribution >= 0.6 is 0 Å². The van der Waals surface area contributed by atoms with Crippen LogP contribution in [-0.4, -0.2) is 15.0 Å². The number of aryl methyl sites for hydroxylation is 3. The molecule has 0 amide bonds. The Labute approximate surface area is 86.4 Å². The first-order valence-corrected chi connectivity index (χ1v) is 5.13. The van der Waals surface area contributed by atoms with Crippen molar-refractivity contribution >= 4 is 11.0 Å². The summed E-state index contributed by atoms with van der Waals surface area (Å²) in [6.45, 7) is 1.77. The lowest BCUT2D eigenvalue weighted by Gasteiger charge is -2.03. The molecule has 4 heteroatoms. The van der Waals surface area contributed by atoms with Crippen LogP contribution in [0.4, 0.5) is 0 Å². The number of pyridine rings is 1. The van der Waals surface area contributed by atoms with E-state index in [1.165, 1.54) is 5.56 Å². The standard InChI is InChI=1S/C11H11N3O/c1-6-13-10-9(11(15)14-6)8-4-2-3-7(8)5-12-10/h5H,2-4H2,1H3,(H,12,13,14,15). The fourth-order valence-electron chi connectivity index (χ4n) is 2.27. The average molecular weight is 201 g/mol. The van der Waals surface area contributed by atoms with E-state index in [4.69, 9.17) is 0 Å². The van der Waals surface area contributed by atoms with Crippen molar-refractivity contribution in [3.63, 3.8) is 0 Å². The molecule has 0 bridgehead atoms. The molecule has 0 unspecified atom stereocenters. The largest absolute Gasteiger partial charge is 0.310 e. The molecule has 1 aliphatic rings. The summed E-state index contributed by atoms with van der Waals surface area (Å²) in [7, 11) is 0. The molecule has 0 fully saturated rings. The van der Waals surface area contributed by atoms with Gasteiger partial charge in [-0.15, -0.1) is 0 Å². The quantitative estimate of drug-likeness (QED) is 0.694. The van der Waals surface area contributed by atoms with Crippen LogP contribution in [0.25, 0.3) is 11.0 Å². The van der Waals surface area contributed by atoms with E-state index >= 15 is 0 Å². The number of nitrogens with one attached hydrogen (secondary N) is 1. The van der Waals surface area contributed by atoms with Crippen molar-refractivity contribution in [1.82, 2.24) is 15.0 Å². The Bertz CT molecular complexity index is 601. The monoisotopic (exact) mass is 201 g/mol. The van der Waals surface area contributed by atoms with E-state index in [-0.39, 0.29) is 5.56 Å². The number of hydrogen-bond donors (Lipinski definition) is 1. The van der Waals surface area contributed by atoms with E-state index in [1.54, 1.807) is 6.92 Å². The number of nitrogens with zero attached hydrogens (tertiary/aromatic N) is 2. The van der Waals surface area contributed by atoms with Crippen LogP contribution in [0.5, 0.6) is 0 Å². The summed E-state index contributed by atoms with van der Waals surface area (Å²) in [5.74, 6) is 0.623. The molecule has 4 nitrogen and oxygen atoms in total. The fraction of sp³-hybridized carbons (Fsp3) is 0.364. The number of fused-ring (bicyclic) bond motifs is 3. The highest BCUT2D eigenvalue weighted by Gasteiger charge is 2.17. The maximum absolute atomic E-state index is 11.8. The van der Waals surface area contributed by atoms with Crippen LogP contribution in [0.1, 0.15) is 23.4 Å². The summed E-state index contributed by atoms with van der Waals surface area (Å²) in [4.78, 5) is 23.1. The number of rotatable bonds is 0. The molecule has 2 aromatic heterocycles. The van der Waals surface area contributed by atoms with E-state index in [9.17, 15) is 4.79 Å². The molecule has 2 aromatic rings. The van der Waals surface area contributed by atoms with Gasteiger partial charge in [-0.05, 0) is 37.3 Å². The molecular weight excluding hydrogens is 190 g/mol. The minimum Gasteiger partial charge on any atom is -0.310 e.